The van der Waals surface area contributed by atoms with E-state index in [1.807, 2.05) is 41.2 Å². The van der Waals surface area contributed by atoms with Crippen LogP contribution in [0.1, 0.15) is 6.42 Å². The Labute approximate surface area is 162 Å². The summed E-state index contributed by atoms with van der Waals surface area (Å²) in [4.78, 5) is 15.7. The highest BCUT2D eigenvalue weighted by atomic mass is 15.3. The monoisotopic (exact) mass is 369 g/mol. The summed E-state index contributed by atoms with van der Waals surface area (Å²) in [7, 11) is 0. The second-order valence-electron chi connectivity index (χ2n) is 7.42. The molecule has 0 aliphatic carbocycles. The van der Waals surface area contributed by atoms with Crippen LogP contribution < -0.4 is 10.2 Å². The molecule has 1 N–H and O–H groups in total. The quantitative estimate of drug-likeness (QED) is 0.598. The smallest absolute Gasteiger partial charge is 0.156 e. The maximum Gasteiger partial charge on any atom is 0.156 e. The summed E-state index contributed by atoms with van der Waals surface area (Å²) in [6, 6.07) is 13.3. The fourth-order valence-corrected chi connectivity index (χ4v) is 4.33. The average Bonchev–Trinajstić information content (AvgIpc) is 3.49. The fourth-order valence-electron chi connectivity index (χ4n) is 4.33. The number of fused-ring (bicyclic) bond motifs is 3. The van der Waals surface area contributed by atoms with E-state index in [4.69, 9.17) is 10.1 Å². The van der Waals surface area contributed by atoms with Crippen LogP contribution in [0.2, 0.25) is 0 Å². The number of hydrogen-bond donors (Lipinski definition) is 1. The van der Waals surface area contributed by atoms with Crippen LogP contribution in [-0.4, -0.2) is 49.7 Å². The van der Waals surface area contributed by atoms with E-state index >= 15 is 0 Å². The highest BCUT2D eigenvalue weighted by molar-refractivity contribution is 5.68. The molecule has 28 heavy (non-hydrogen) atoms. The van der Waals surface area contributed by atoms with E-state index in [1.165, 1.54) is 6.42 Å². The molecule has 138 valence electrons. The van der Waals surface area contributed by atoms with Gasteiger partial charge in [-0.2, -0.15) is 5.10 Å². The SMILES string of the molecule is c1cc(-c2cc3nccc(-c4ccc(N5CC6CC5CN6)nc4)n3n2)ccn1. The van der Waals surface area contributed by atoms with E-state index in [2.05, 4.69) is 32.3 Å². The normalized spacial score (nSPS) is 20.9. The average molecular weight is 369 g/mol. The van der Waals surface area contributed by atoms with Gasteiger partial charge in [0.2, 0.25) is 0 Å². The van der Waals surface area contributed by atoms with Gasteiger partial charge in [0.05, 0.1) is 11.4 Å². The van der Waals surface area contributed by atoms with Gasteiger partial charge in [-0.05, 0) is 36.8 Å². The van der Waals surface area contributed by atoms with Crippen molar-refractivity contribution in [3.63, 3.8) is 0 Å². The molecule has 4 aromatic rings. The lowest BCUT2D eigenvalue weighted by atomic mass is 10.2. The number of nitrogens with zero attached hydrogens (tertiary/aromatic N) is 6. The van der Waals surface area contributed by atoms with Crippen molar-refractivity contribution >= 4 is 11.5 Å². The van der Waals surface area contributed by atoms with Gasteiger partial charge in [0.15, 0.2) is 5.65 Å². The zero-order valence-corrected chi connectivity index (χ0v) is 15.2. The van der Waals surface area contributed by atoms with Crippen molar-refractivity contribution in [2.24, 2.45) is 0 Å². The summed E-state index contributed by atoms with van der Waals surface area (Å²) in [5.74, 6) is 1.06. The molecule has 6 heterocycles. The van der Waals surface area contributed by atoms with Crippen molar-refractivity contribution in [1.82, 2.24) is 29.9 Å². The molecule has 2 fully saturated rings. The number of nitrogens with one attached hydrogen (secondary N) is 1. The van der Waals surface area contributed by atoms with Crippen LogP contribution in [0, 0.1) is 0 Å². The van der Waals surface area contributed by atoms with Crippen molar-refractivity contribution in [2.45, 2.75) is 18.5 Å². The minimum Gasteiger partial charge on any atom is -0.351 e. The largest absolute Gasteiger partial charge is 0.351 e. The van der Waals surface area contributed by atoms with Crippen LogP contribution >= 0.6 is 0 Å². The third-order valence-electron chi connectivity index (χ3n) is 5.73. The first-order valence-electron chi connectivity index (χ1n) is 9.57. The van der Waals surface area contributed by atoms with Crippen molar-refractivity contribution in [3.05, 3.63) is 61.2 Å². The van der Waals surface area contributed by atoms with Gasteiger partial charge in [0.1, 0.15) is 5.82 Å². The van der Waals surface area contributed by atoms with Crippen LogP contribution in [-0.2, 0) is 0 Å². The third-order valence-corrected chi connectivity index (χ3v) is 5.73. The van der Waals surface area contributed by atoms with Gasteiger partial charge in [0, 0.05) is 67.2 Å². The molecule has 0 spiro atoms. The predicted molar refractivity (Wildman–Crippen MR) is 107 cm³/mol. The van der Waals surface area contributed by atoms with Crippen LogP contribution in [0.4, 0.5) is 5.82 Å². The van der Waals surface area contributed by atoms with Crippen molar-refractivity contribution in [2.75, 3.05) is 18.0 Å². The molecule has 7 nitrogen and oxygen atoms in total. The van der Waals surface area contributed by atoms with Gasteiger partial charge in [-0.3, -0.25) is 4.98 Å². The summed E-state index contributed by atoms with van der Waals surface area (Å²) in [6.45, 7) is 2.11. The van der Waals surface area contributed by atoms with Crippen LogP contribution in [0.3, 0.4) is 0 Å². The summed E-state index contributed by atoms with van der Waals surface area (Å²) < 4.78 is 1.88. The number of anilines is 1. The molecule has 2 aliphatic heterocycles. The molecule has 6 rings (SSSR count). The molecule has 2 bridgehead atoms. The fraction of sp³-hybridized carbons (Fsp3) is 0.238. The van der Waals surface area contributed by atoms with E-state index in [0.717, 1.165) is 47.1 Å². The number of aromatic nitrogens is 5. The Hall–Kier alpha value is -3.32. The molecular formula is C21H19N7. The molecule has 2 atom stereocenters. The lowest BCUT2D eigenvalue weighted by Crippen LogP contribution is -2.43. The summed E-state index contributed by atoms with van der Waals surface area (Å²) in [5.41, 5.74) is 4.73. The van der Waals surface area contributed by atoms with Gasteiger partial charge >= 0.3 is 0 Å². The molecular weight excluding hydrogens is 350 g/mol. The Morgan fingerprint density at radius 3 is 2.64 bits per heavy atom. The number of pyridine rings is 2. The van der Waals surface area contributed by atoms with Crippen LogP contribution in [0.25, 0.3) is 28.2 Å². The number of piperazine rings is 1. The molecule has 2 unspecified atom stereocenters. The lowest BCUT2D eigenvalue weighted by Gasteiger charge is -2.28. The number of hydrogen-bond acceptors (Lipinski definition) is 6. The molecule has 2 saturated heterocycles. The number of rotatable bonds is 3. The maximum absolute atomic E-state index is 4.77. The molecule has 7 heteroatoms. The van der Waals surface area contributed by atoms with Gasteiger partial charge in [0.25, 0.3) is 0 Å². The Balaban J connectivity index is 1.37. The summed E-state index contributed by atoms with van der Waals surface area (Å²) in [6.07, 6.45) is 8.53. The standard InChI is InChI=1S/C21H19N7/c1-2-20(27-13-16-9-17(27)12-24-16)25-11-15(1)19-5-8-23-21-10-18(26-28(19)21)14-3-6-22-7-4-14/h1-8,10-11,16-17,24H,9,12-13H2. The van der Waals surface area contributed by atoms with E-state index in [9.17, 15) is 0 Å². The third kappa shape index (κ3) is 2.47. The van der Waals surface area contributed by atoms with Crippen LogP contribution in [0.15, 0.2) is 61.2 Å². The summed E-state index contributed by atoms with van der Waals surface area (Å²) in [5, 5.41) is 8.31. The Bertz CT molecular complexity index is 1140. The second kappa shape index (κ2) is 6.10. The Kier molecular flexibility index (Phi) is 3.42. The van der Waals surface area contributed by atoms with E-state index < -0.39 is 0 Å². The zero-order chi connectivity index (χ0) is 18.5. The predicted octanol–water partition coefficient (Wildman–Crippen LogP) is 2.40. The highest BCUT2D eigenvalue weighted by Gasteiger charge is 2.38. The Morgan fingerprint density at radius 2 is 1.89 bits per heavy atom. The molecule has 0 radical (unpaired) electrons. The van der Waals surface area contributed by atoms with Gasteiger partial charge in [-0.15, -0.1) is 0 Å². The van der Waals surface area contributed by atoms with Gasteiger partial charge in [-0.1, -0.05) is 0 Å². The molecule has 0 amide bonds. The second-order valence-corrected chi connectivity index (χ2v) is 7.42. The molecule has 0 saturated carbocycles. The van der Waals surface area contributed by atoms with E-state index in [0.29, 0.717) is 12.1 Å². The zero-order valence-electron chi connectivity index (χ0n) is 15.2. The van der Waals surface area contributed by atoms with Crippen molar-refractivity contribution in [1.29, 1.82) is 0 Å². The van der Waals surface area contributed by atoms with Gasteiger partial charge < -0.3 is 10.2 Å². The first kappa shape index (κ1) is 15.7. The first-order chi connectivity index (χ1) is 13.8. The molecule has 0 aromatic carbocycles. The topological polar surface area (TPSA) is 71.2 Å². The minimum absolute atomic E-state index is 0.574. The molecule has 2 aliphatic rings. The van der Waals surface area contributed by atoms with Crippen molar-refractivity contribution < 1.29 is 0 Å². The van der Waals surface area contributed by atoms with E-state index in [-0.39, 0.29) is 0 Å². The van der Waals surface area contributed by atoms with Gasteiger partial charge in [-0.25, -0.2) is 14.5 Å². The summed E-state index contributed by atoms with van der Waals surface area (Å²) >= 11 is 0. The first-order valence-corrected chi connectivity index (χ1v) is 9.57. The lowest BCUT2D eigenvalue weighted by molar-refractivity contribution is 0.576. The highest BCUT2D eigenvalue weighted by Crippen LogP contribution is 2.29. The molecule has 4 aromatic heterocycles. The van der Waals surface area contributed by atoms with Crippen molar-refractivity contribution in [3.8, 4) is 22.5 Å². The van der Waals surface area contributed by atoms with Crippen LogP contribution in [0.5, 0.6) is 0 Å². The minimum atomic E-state index is 0.574. The van der Waals surface area contributed by atoms with E-state index in [1.54, 1.807) is 12.4 Å². The maximum atomic E-state index is 4.77. The Morgan fingerprint density at radius 1 is 0.964 bits per heavy atom.